The van der Waals surface area contributed by atoms with Crippen molar-refractivity contribution < 1.29 is 27.5 Å². The number of aromatic nitrogens is 1. The minimum Gasteiger partial charge on any atom is -0.472 e. The highest BCUT2D eigenvalue weighted by Crippen LogP contribution is 2.46. The second-order valence-corrected chi connectivity index (χ2v) is 9.55. The van der Waals surface area contributed by atoms with Crippen molar-refractivity contribution in [1.82, 2.24) is 15.2 Å². The van der Waals surface area contributed by atoms with Gasteiger partial charge in [0.15, 0.2) is 0 Å². The molecule has 0 unspecified atom stereocenters. The first-order valence-corrected chi connectivity index (χ1v) is 11.9. The molecular formula is C25H24ClF3N4O3. The van der Waals surface area contributed by atoms with Gasteiger partial charge in [0.1, 0.15) is 29.8 Å². The molecule has 2 aliphatic rings. The zero-order chi connectivity index (χ0) is 26.0. The standard InChI is InChI=1S/C25H24ClF3N4O3/c1-14(34)32-25(6-7-25)17-4-8-33(9-5-17)24(35)19-11-15(12-30)23(31-21(19)22(28)29)36-13-16-10-18(26)2-3-20(16)27/h2-3,10-11,17,22H,4-9,13H2,1H3,(H,32,34). The quantitative estimate of drug-likeness (QED) is 0.566. The van der Waals surface area contributed by atoms with Crippen LogP contribution in [0.2, 0.25) is 5.02 Å². The molecule has 4 rings (SSSR count). The summed E-state index contributed by atoms with van der Waals surface area (Å²) in [4.78, 5) is 30.0. The molecule has 11 heteroatoms. The number of hydrogen-bond acceptors (Lipinski definition) is 5. The van der Waals surface area contributed by atoms with E-state index in [0.717, 1.165) is 25.0 Å². The number of pyridine rings is 1. The Hall–Kier alpha value is -3.32. The summed E-state index contributed by atoms with van der Waals surface area (Å²) in [5.41, 5.74) is -1.57. The van der Waals surface area contributed by atoms with E-state index in [0.29, 0.717) is 25.9 Å². The van der Waals surface area contributed by atoms with Crippen LogP contribution in [0.25, 0.3) is 0 Å². The molecular weight excluding hydrogens is 497 g/mol. The summed E-state index contributed by atoms with van der Waals surface area (Å²) >= 11 is 5.86. The van der Waals surface area contributed by atoms with Crippen LogP contribution in [-0.4, -0.2) is 40.3 Å². The number of alkyl halides is 2. The molecule has 0 atom stereocenters. The van der Waals surface area contributed by atoms with Crippen LogP contribution in [0.5, 0.6) is 5.88 Å². The van der Waals surface area contributed by atoms with Gasteiger partial charge in [0.25, 0.3) is 12.3 Å². The molecule has 2 aromatic rings. The molecule has 1 N–H and O–H groups in total. The number of rotatable bonds is 7. The molecule has 0 bridgehead atoms. The molecule has 1 aromatic carbocycles. The summed E-state index contributed by atoms with van der Waals surface area (Å²) in [5, 5.41) is 12.8. The van der Waals surface area contributed by atoms with Crippen LogP contribution in [0.4, 0.5) is 13.2 Å². The number of ether oxygens (including phenoxy) is 1. The van der Waals surface area contributed by atoms with E-state index in [-0.39, 0.29) is 39.1 Å². The highest BCUT2D eigenvalue weighted by Gasteiger charge is 2.50. The van der Waals surface area contributed by atoms with Crippen molar-refractivity contribution in [2.45, 2.75) is 51.2 Å². The average molecular weight is 521 g/mol. The average Bonchev–Trinajstić information content (AvgIpc) is 3.63. The monoisotopic (exact) mass is 520 g/mol. The third kappa shape index (κ3) is 5.41. The van der Waals surface area contributed by atoms with Crippen molar-refractivity contribution in [3.8, 4) is 11.9 Å². The number of halogens is 4. The Bertz CT molecular complexity index is 1220. The number of nitrogens with one attached hydrogen (secondary N) is 1. The summed E-state index contributed by atoms with van der Waals surface area (Å²) in [5.74, 6) is -1.58. The molecule has 190 valence electrons. The summed E-state index contributed by atoms with van der Waals surface area (Å²) in [6, 6.07) is 6.66. The van der Waals surface area contributed by atoms with E-state index in [1.807, 2.05) is 6.07 Å². The van der Waals surface area contributed by atoms with Gasteiger partial charge in [-0.3, -0.25) is 9.59 Å². The van der Waals surface area contributed by atoms with Crippen molar-refractivity contribution in [2.24, 2.45) is 5.92 Å². The van der Waals surface area contributed by atoms with E-state index in [1.165, 1.54) is 24.0 Å². The number of hydrogen-bond donors (Lipinski definition) is 1. The Kier molecular flexibility index (Phi) is 7.41. The molecule has 0 spiro atoms. The molecule has 7 nitrogen and oxygen atoms in total. The number of nitriles is 1. The van der Waals surface area contributed by atoms with E-state index >= 15 is 0 Å². The molecule has 2 heterocycles. The largest absolute Gasteiger partial charge is 0.472 e. The molecule has 1 aliphatic carbocycles. The molecule has 1 saturated carbocycles. The van der Waals surface area contributed by atoms with E-state index < -0.39 is 36.3 Å². The van der Waals surface area contributed by atoms with E-state index in [4.69, 9.17) is 16.3 Å². The summed E-state index contributed by atoms with van der Waals surface area (Å²) in [7, 11) is 0. The lowest BCUT2D eigenvalue weighted by atomic mass is 9.87. The number of benzene rings is 1. The van der Waals surface area contributed by atoms with Crippen LogP contribution in [0, 0.1) is 23.1 Å². The van der Waals surface area contributed by atoms with Crippen molar-refractivity contribution in [1.29, 1.82) is 5.26 Å². The van der Waals surface area contributed by atoms with Gasteiger partial charge in [-0.25, -0.2) is 18.2 Å². The number of carbonyl (C=O) groups excluding carboxylic acids is 2. The van der Waals surface area contributed by atoms with Crippen LogP contribution in [-0.2, 0) is 11.4 Å². The maximum Gasteiger partial charge on any atom is 0.281 e. The molecule has 2 amide bonds. The second-order valence-electron chi connectivity index (χ2n) is 9.11. The van der Waals surface area contributed by atoms with Gasteiger partial charge < -0.3 is 15.0 Å². The molecule has 0 radical (unpaired) electrons. The highest BCUT2D eigenvalue weighted by atomic mass is 35.5. The van der Waals surface area contributed by atoms with Gasteiger partial charge in [0, 0.05) is 36.1 Å². The van der Waals surface area contributed by atoms with Crippen LogP contribution >= 0.6 is 11.6 Å². The fraction of sp³-hybridized carbons (Fsp3) is 0.440. The van der Waals surface area contributed by atoms with Gasteiger partial charge >= 0.3 is 0 Å². The lowest BCUT2D eigenvalue weighted by molar-refractivity contribution is -0.120. The fourth-order valence-corrected chi connectivity index (χ4v) is 4.96. The number of piperidine rings is 1. The van der Waals surface area contributed by atoms with Gasteiger partial charge in [-0.1, -0.05) is 11.6 Å². The van der Waals surface area contributed by atoms with Crippen LogP contribution in [0.3, 0.4) is 0 Å². The summed E-state index contributed by atoms with van der Waals surface area (Å²) in [6.07, 6.45) is -0.0796. The highest BCUT2D eigenvalue weighted by molar-refractivity contribution is 6.30. The van der Waals surface area contributed by atoms with Crippen molar-refractivity contribution >= 4 is 23.4 Å². The van der Waals surface area contributed by atoms with Crippen molar-refractivity contribution in [3.05, 3.63) is 57.5 Å². The van der Waals surface area contributed by atoms with Gasteiger partial charge in [-0.2, -0.15) is 5.26 Å². The lowest BCUT2D eigenvalue weighted by Gasteiger charge is -2.37. The van der Waals surface area contributed by atoms with Crippen molar-refractivity contribution in [2.75, 3.05) is 13.1 Å². The van der Waals surface area contributed by atoms with Crippen LogP contribution < -0.4 is 10.1 Å². The van der Waals surface area contributed by atoms with Crippen LogP contribution in [0.15, 0.2) is 24.3 Å². The smallest absolute Gasteiger partial charge is 0.281 e. The third-order valence-electron chi connectivity index (χ3n) is 6.72. The maximum atomic E-state index is 14.0. The normalized spacial score (nSPS) is 17.0. The zero-order valence-electron chi connectivity index (χ0n) is 19.5. The molecule has 1 aromatic heterocycles. The van der Waals surface area contributed by atoms with Gasteiger partial charge in [0.05, 0.1) is 5.56 Å². The zero-order valence-corrected chi connectivity index (χ0v) is 20.2. The first-order chi connectivity index (χ1) is 17.1. The van der Waals surface area contributed by atoms with E-state index in [2.05, 4.69) is 10.3 Å². The minimum atomic E-state index is -3.10. The topological polar surface area (TPSA) is 95.3 Å². The molecule has 2 fully saturated rings. The Morgan fingerprint density at radius 3 is 2.58 bits per heavy atom. The predicted molar refractivity (Wildman–Crippen MR) is 124 cm³/mol. The van der Waals surface area contributed by atoms with Crippen molar-refractivity contribution in [3.63, 3.8) is 0 Å². The number of nitrogens with zero attached hydrogens (tertiary/aromatic N) is 3. The fourth-order valence-electron chi connectivity index (χ4n) is 4.76. The lowest BCUT2D eigenvalue weighted by Crippen LogP contribution is -2.48. The van der Waals surface area contributed by atoms with Crippen LogP contribution in [0.1, 0.15) is 66.2 Å². The Labute approximate surface area is 211 Å². The summed E-state index contributed by atoms with van der Waals surface area (Å²) in [6.45, 7) is 1.75. The predicted octanol–water partition coefficient (Wildman–Crippen LogP) is 4.78. The molecule has 36 heavy (non-hydrogen) atoms. The van der Waals surface area contributed by atoms with Gasteiger partial charge in [0.2, 0.25) is 11.8 Å². The SMILES string of the molecule is CC(=O)NC1(C2CCN(C(=O)c3cc(C#N)c(OCc4cc(Cl)ccc4F)nc3C(F)F)CC2)CC1. The Balaban J connectivity index is 1.51. The molecule has 1 saturated heterocycles. The first kappa shape index (κ1) is 25.8. The van der Waals surface area contributed by atoms with Gasteiger partial charge in [-0.15, -0.1) is 0 Å². The number of likely N-dealkylation sites (tertiary alicyclic amines) is 1. The Morgan fingerprint density at radius 2 is 2.00 bits per heavy atom. The first-order valence-electron chi connectivity index (χ1n) is 11.5. The second kappa shape index (κ2) is 10.3. The number of carbonyl (C=O) groups is 2. The summed E-state index contributed by atoms with van der Waals surface area (Å²) < 4.78 is 47.2. The maximum absolute atomic E-state index is 14.0. The minimum absolute atomic E-state index is 0.0579. The van der Waals surface area contributed by atoms with E-state index in [9.17, 15) is 28.0 Å². The van der Waals surface area contributed by atoms with Gasteiger partial charge in [-0.05, 0) is 55.9 Å². The molecule has 1 aliphatic heterocycles. The van der Waals surface area contributed by atoms with E-state index in [1.54, 1.807) is 0 Å². The Morgan fingerprint density at radius 1 is 1.31 bits per heavy atom. The number of amides is 2. The third-order valence-corrected chi connectivity index (χ3v) is 6.96.